The van der Waals surface area contributed by atoms with E-state index in [-0.39, 0.29) is 11.6 Å². The minimum absolute atomic E-state index is 0.00452. The van der Waals surface area contributed by atoms with Crippen molar-refractivity contribution in [1.29, 1.82) is 0 Å². The van der Waals surface area contributed by atoms with Crippen molar-refractivity contribution in [2.45, 2.75) is 24.0 Å². The number of ether oxygens (including phenoxy) is 2. The molecular weight excluding hydrogens is 598 g/mol. The van der Waals surface area contributed by atoms with Gasteiger partial charge in [0.05, 0.1) is 19.5 Å². The molecule has 1 atom stereocenters. The van der Waals surface area contributed by atoms with Crippen LogP contribution in [0.25, 0.3) is 6.08 Å². The van der Waals surface area contributed by atoms with E-state index in [1.54, 1.807) is 92.9 Å². The summed E-state index contributed by atoms with van der Waals surface area (Å²) in [7, 11) is 3.05. The second kappa shape index (κ2) is 15.1. The monoisotopic (exact) mass is 629 g/mol. The zero-order valence-electron chi connectivity index (χ0n) is 24.6. The normalized spacial score (nSPS) is 11.7. The van der Waals surface area contributed by atoms with Gasteiger partial charge in [-0.15, -0.1) is 11.8 Å². The van der Waals surface area contributed by atoms with Crippen LogP contribution in [0.2, 0.25) is 5.02 Å². The van der Waals surface area contributed by atoms with Crippen molar-refractivity contribution >= 4 is 58.5 Å². The topological polar surface area (TPSA) is 106 Å². The summed E-state index contributed by atoms with van der Waals surface area (Å²) < 4.78 is 10.8. The molecule has 4 aromatic carbocycles. The Bertz CT molecular complexity index is 1690. The summed E-state index contributed by atoms with van der Waals surface area (Å²) >= 11 is 7.53. The molecule has 0 radical (unpaired) electrons. The van der Waals surface area contributed by atoms with E-state index in [2.05, 4.69) is 16.0 Å². The van der Waals surface area contributed by atoms with Crippen molar-refractivity contribution in [2.75, 3.05) is 24.9 Å². The maximum atomic E-state index is 13.6. The van der Waals surface area contributed by atoms with Crippen molar-refractivity contribution in [1.82, 2.24) is 5.32 Å². The molecule has 0 saturated carbocycles. The van der Waals surface area contributed by atoms with Crippen LogP contribution in [0, 0.1) is 6.92 Å². The first-order valence-corrected chi connectivity index (χ1v) is 14.9. The van der Waals surface area contributed by atoms with E-state index in [4.69, 9.17) is 21.1 Å². The van der Waals surface area contributed by atoms with Crippen LogP contribution in [-0.4, -0.2) is 37.2 Å². The highest BCUT2D eigenvalue weighted by molar-refractivity contribution is 8.00. The predicted octanol–water partition coefficient (Wildman–Crippen LogP) is 7.19. The third-order valence-corrected chi connectivity index (χ3v) is 7.98. The lowest BCUT2D eigenvalue weighted by Crippen LogP contribution is -2.30. The van der Waals surface area contributed by atoms with Crippen LogP contribution in [0.3, 0.4) is 0 Å². The van der Waals surface area contributed by atoms with Gasteiger partial charge in [-0.05, 0) is 80.1 Å². The lowest BCUT2D eigenvalue weighted by molar-refractivity contribution is -0.115. The molecule has 1 unspecified atom stereocenters. The summed E-state index contributed by atoms with van der Waals surface area (Å²) in [6, 6.07) is 26.2. The molecule has 10 heteroatoms. The molecule has 226 valence electrons. The van der Waals surface area contributed by atoms with Crippen molar-refractivity contribution in [3.63, 3.8) is 0 Å². The van der Waals surface area contributed by atoms with Crippen molar-refractivity contribution in [2.24, 2.45) is 0 Å². The van der Waals surface area contributed by atoms with E-state index < -0.39 is 17.1 Å². The SMILES string of the molecule is COc1ccc(/C=C(/NC(=O)c2ccccc2)C(=O)Nc2cccc(SC(C)C(=O)Nc3ccc(C)c(Cl)c3)c2)c(OC)c1. The minimum Gasteiger partial charge on any atom is -0.497 e. The lowest BCUT2D eigenvalue weighted by atomic mass is 10.1. The van der Waals surface area contributed by atoms with Crippen LogP contribution in [-0.2, 0) is 9.59 Å². The molecule has 0 aliphatic heterocycles. The number of hydrogen-bond acceptors (Lipinski definition) is 6. The third kappa shape index (κ3) is 8.65. The van der Waals surface area contributed by atoms with Gasteiger partial charge in [-0.3, -0.25) is 14.4 Å². The maximum Gasteiger partial charge on any atom is 0.272 e. The van der Waals surface area contributed by atoms with Crippen LogP contribution in [0.1, 0.15) is 28.4 Å². The van der Waals surface area contributed by atoms with E-state index >= 15 is 0 Å². The second-order valence-electron chi connectivity index (χ2n) is 9.68. The summed E-state index contributed by atoms with van der Waals surface area (Å²) in [6.45, 7) is 3.69. The first-order chi connectivity index (χ1) is 21.2. The Morgan fingerprint density at radius 1 is 0.841 bits per heavy atom. The summed E-state index contributed by atoms with van der Waals surface area (Å²) in [5, 5.41) is 8.60. The van der Waals surface area contributed by atoms with Gasteiger partial charge in [0.1, 0.15) is 17.2 Å². The Morgan fingerprint density at radius 2 is 1.59 bits per heavy atom. The Kier molecular flexibility index (Phi) is 11.1. The molecule has 0 heterocycles. The highest BCUT2D eigenvalue weighted by Gasteiger charge is 2.18. The molecule has 0 aliphatic rings. The fraction of sp³-hybridized carbons (Fsp3) is 0.147. The van der Waals surface area contributed by atoms with Gasteiger partial charge in [-0.2, -0.15) is 0 Å². The number of halogens is 1. The standard InChI is InChI=1S/C34H32ClN3O5S/c1-21-13-15-26(19-29(21)35)36-32(39)22(2)44-28-12-8-11-25(18-28)37-34(41)30(38-33(40)23-9-6-5-7-10-23)17-24-14-16-27(42-3)20-31(24)43-4/h5-20,22H,1-4H3,(H,36,39)(H,37,41)(H,38,40)/b30-17+. The fourth-order valence-corrected chi connectivity index (χ4v) is 5.16. The summed E-state index contributed by atoms with van der Waals surface area (Å²) in [5.74, 6) is -0.137. The van der Waals surface area contributed by atoms with E-state index in [1.165, 1.54) is 24.9 Å². The lowest BCUT2D eigenvalue weighted by Gasteiger charge is -2.15. The Morgan fingerprint density at radius 3 is 2.30 bits per heavy atom. The van der Waals surface area contributed by atoms with Gasteiger partial charge >= 0.3 is 0 Å². The molecule has 4 aromatic rings. The zero-order valence-corrected chi connectivity index (χ0v) is 26.2. The number of carbonyl (C=O) groups is 3. The molecule has 44 heavy (non-hydrogen) atoms. The van der Waals surface area contributed by atoms with Gasteiger partial charge in [0.25, 0.3) is 11.8 Å². The number of thioether (sulfide) groups is 1. The molecule has 0 aromatic heterocycles. The molecule has 4 rings (SSSR count). The smallest absolute Gasteiger partial charge is 0.272 e. The molecule has 8 nitrogen and oxygen atoms in total. The number of nitrogens with one attached hydrogen (secondary N) is 3. The van der Waals surface area contributed by atoms with Crippen LogP contribution >= 0.6 is 23.4 Å². The second-order valence-corrected chi connectivity index (χ2v) is 11.5. The number of anilines is 2. The minimum atomic E-state index is -0.545. The largest absolute Gasteiger partial charge is 0.497 e. The predicted molar refractivity (Wildman–Crippen MR) is 177 cm³/mol. The number of benzene rings is 4. The highest BCUT2D eigenvalue weighted by atomic mass is 35.5. The van der Waals surface area contributed by atoms with Gasteiger partial charge in [-0.1, -0.05) is 41.9 Å². The Hall–Kier alpha value is -4.73. The van der Waals surface area contributed by atoms with Gasteiger partial charge < -0.3 is 25.4 Å². The van der Waals surface area contributed by atoms with Crippen LogP contribution in [0.15, 0.2) is 102 Å². The van der Waals surface area contributed by atoms with Gasteiger partial charge in [-0.25, -0.2) is 0 Å². The number of aryl methyl sites for hydroxylation is 1. The first kappa shape index (κ1) is 32.2. The van der Waals surface area contributed by atoms with Crippen molar-refractivity contribution in [3.05, 3.63) is 118 Å². The molecule has 0 aliphatic carbocycles. The van der Waals surface area contributed by atoms with E-state index in [9.17, 15) is 14.4 Å². The van der Waals surface area contributed by atoms with Crippen molar-refractivity contribution < 1.29 is 23.9 Å². The summed E-state index contributed by atoms with van der Waals surface area (Å²) in [4.78, 5) is 40.2. The molecule has 0 fully saturated rings. The molecule has 3 N–H and O–H groups in total. The van der Waals surface area contributed by atoms with E-state index in [0.29, 0.717) is 39.0 Å². The summed E-state index contributed by atoms with van der Waals surface area (Å²) in [5.41, 5.74) is 2.98. The zero-order chi connectivity index (χ0) is 31.6. The summed E-state index contributed by atoms with van der Waals surface area (Å²) in [6.07, 6.45) is 1.54. The first-order valence-electron chi connectivity index (χ1n) is 13.6. The van der Waals surface area contributed by atoms with E-state index in [1.807, 2.05) is 19.1 Å². The average molecular weight is 630 g/mol. The van der Waals surface area contributed by atoms with Crippen LogP contribution in [0.4, 0.5) is 11.4 Å². The number of rotatable bonds is 11. The van der Waals surface area contributed by atoms with Gasteiger partial charge in [0.2, 0.25) is 5.91 Å². The van der Waals surface area contributed by atoms with E-state index in [0.717, 1.165) is 10.5 Å². The number of hydrogen-bond donors (Lipinski definition) is 3. The Balaban J connectivity index is 1.52. The molecule has 0 spiro atoms. The molecule has 0 saturated heterocycles. The molecule has 3 amide bonds. The van der Waals surface area contributed by atoms with Crippen molar-refractivity contribution in [3.8, 4) is 11.5 Å². The Labute approximate surface area is 265 Å². The average Bonchev–Trinajstić information content (AvgIpc) is 3.03. The highest BCUT2D eigenvalue weighted by Crippen LogP contribution is 2.29. The van der Waals surface area contributed by atoms with Crippen LogP contribution in [0.5, 0.6) is 11.5 Å². The third-order valence-electron chi connectivity index (χ3n) is 6.48. The maximum absolute atomic E-state index is 13.6. The van der Waals surface area contributed by atoms with Gasteiger partial charge in [0, 0.05) is 38.5 Å². The number of carbonyl (C=O) groups excluding carboxylic acids is 3. The van der Waals surface area contributed by atoms with Crippen LogP contribution < -0.4 is 25.4 Å². The molecular formula is C34H32ClN3O5S. The fourth-order valence-electron chi connectivity index (χ4n) is 4.05. The molecule has 0 bridgehead atoms. The quantitative estimate of drug-likeness (QED) is 0.120. The number of methoxy groups -OCH3 is 2. The van der Waals surface area contributed by atoms with Gasteiger partial charge in [0.15, 0.2) is 0 Å². The number of amides is 3.